The number of esters is 1. The lowest BCUT2D eigenvalue weighted by Gasteiger charge is -2.47. The molecule has 0 bridgehead atoms. The molecule has 1 saturated heterocycles. The van der Waals surface area contributed by atoms with Crippen LogP contribution >= 0.6 is 0 Å². The minimum atomic E-state index is -0.506. The highest BCUT2D eigenvalue weighted by atomic mass is 16.5. The van der Waals surface area contributed by atoms with Crippen molar-refractivity contribution in [2.24, 2.45) is 23.2 Å². The molecular weight excluding hydrogens is 452 g/mol. The molecule has 186 valence electrons. The zero-order valence-electron chi connectivity index (χ0n) is 21.2. The number of nitrogens with zero attached hydrogens (tertiary/aromatic N) is 1. The molecule has 5 atom stereocenters. The summed E-state index contributed by atoms with van der Waals surface area (Å²) in [5, 5.41) is 1.18. The van der Waals surface area contributed by atoms with Crippen LogP contribution in [0, 0.1) is 23.2 Å². The van der Waals surface area contributed by atoms with Gasteiger partial charge in [-0.15, -0.1) is 0 Å². The first-order valence-corrected chi connectivity index (χ1v) is 12.9. The maximum atomic E-state index is 14.1. The molecule has 1 aromatic heterocycles. The average Bonchev–Trinajstić information content (AvgIpc) is 3.34. The predicted octanol–water partition coefficient (Wildman–Crippen LogP) is 5.93. The topological polar surface area (TPSA) is 79.5 Å². The van der Waals surface area contributed by atoms with Crippen LogP contribution in [-0.2, 0) is 14.4 Å². The zero-order chi connectivity index (χ0) is 25.4. The number of anilines is 1. The summed E-state index contributed by atoms with van der Waals surface area (Å²) in [7, 11) is 0. The summed E-state index contributed by atoms with van der Waals surface area (Å²) in [5.74, 6) is -0.291. The van der Waals surface area contributed by atoms with Crippen molar-refractivity contribution in [3.63, 3.8) is 0 Å². The highest BCUT2D eigenvalue weighted by Gasteiger charge is 2.59. The van der Waals surface area contributed by atoms with Crippen LogP contribution in [0.25, 0.3) is 10.9 Å². The summed E-state index contributed by atoms with van der Waals surface area (Å²) in [6, 6.07) is 14.9. The molecule has 2 aliphatic carbocycles. The predicted molar refractivity (Wildman–Crippen MR) is 138 cm³/mol. The summed E-state index contributed by atoms with van der Waals surface area (Å²) in [4.78, 5) is 44.3. The molecule has 2 fully saturated rings. The van der Waals surface area contributed by atoms with Gasteiger partial charge in [-0.25, -0.2) is 4.90 Å². The van der Waals surface area contributed by atoms with E-state index in [0.717, 1.165) is 30.5 Å². The molecule has 6 heteroatoms. The molecule has 2 heterocycles. The first-order valence-electron chi connectivity index (χ1n) is 12.9. The van der Waals surface area contributed by atoms with Crippen molar-refractivity contribution in [1.82, 2.24) is 4.98 Å². The van der Waals surface area contributed by atoms with Crippen molar-refractivity contribution in [2.75, 3.05) is 4.90 Å². The van der Waals surface area contributed by atoms with E-state index in [1.54, 1.807) is 24.3 Å². The monoisotopic (exact) mass is 484 g/mol. The van der Waals surface area contributed by atoms with Gasteiger partial charge in [-0.1, -0.05) is 39.0 Å². The van der Waals surface area contributed by atoms with Gasteiger partial charge in [0, 0.05) is 23.5 Å². The Hall–Kier alpha value is -3.41. The number of hydrogen-bond acceptors (Lipinski definition) is 4. The Bertz CT molecular complexity index is 1380. The van der Waals surface area contributed by atoms with Crippen LogP contribution in [-0.4, -0.2) is 22.8 Å². The molecule has 3 aliphatic rings. The number of benzene rings is 2. The van der Waals surface area contributed by atoms with E-state index in [9.17, 15) is 14.4 Å². The van der Waals surface area contributed by atoms with E-state index >= 15 is 0 Å². The molecule has 36 heavy (non-hydrogen) atoms. The quantitative estimate of drug-likeness (QED) is 0.278. The third-order valence-electron chi connectivity index (χ3n) is 8.75. The van der Waals surface area contributed by atoms with E-state index in [1.165, 1.54) is 22.8 Å². The number of carbonyl (C=O) groups excluding carboxylic acids is 3. The van der Waals surface area contributed by atoms with Gasteiger partial charge < -0.3 is 9.72 Å². The summed E-state index contributed by atoms with van der Waals surface area (Å²) in [5.41, 5.74) is 3.88. The van der Waals surface area contributed by atoms with Crippen LogP contribution in [0.5, 0.6) is 5.75 Å². The van der Waals surface area contributed by atoms with Crippen molar-refractivity contribution in [1.29, 1.82) is 0 Å². The molecule has 1 aliphatic heterocycles. The number of amides is 2. The molecule has 1 N–H and O–H groups in total. The van der Waals surface area contributed by atoms with Gasteiger partial charge in [0.2, 0.25) is 11.8 Å². The van der Waals surface area contributed by atoms with Gasteiger partial charge in [0.1, 0.15) is 5.75 Å². The van der Waals surface area contributed by atoms with Crippen LogP contribution in [0.15, 0.2) is 48.5 Å². The first-order chi connectivity index (χ1) is 17.1. The van der Waals surface area contributed by atoms with Crippen molar-refractivity contribution in [3.8, 4) is 5.75 Å². The van der Waals surface area contributed by atoms with E-state index < -0.39 is 11.9 Å². The van der Waals surface area contributed by atoms with Gasteiger partial charge in [0.15, 0.2) is 0 Å². The van der Waals surface area contributed by atoms with Crippen LogP contribution in [0.4, 0.5) is 5.69 Å². The van der Waals surface area contributed by atoms with E-state index in [-0.39, 0.29) is 35.0 Å². The number of H-pyrrole nitrogens is 1. The average molecular weight is 485 g/mol. The molecule has 0 spiro atoms. The second kappa shape index (κ2) is 8.05. The van der Waals surface area contributed by atoms with E-state index in [1.807, 2.05) is 6.07 Å². The van der Waals surface area contributed by atoms with Crippen LogP contribution in [0.3, 0.4) is 0 Å². The molecular formula is C30H32N2O4. The van der Waals surface area contributed by atoms with Crippen LogP contribution in [0.1, 0.15) is 70.1 Å². The summed E-state index contributed by atoms with van der Waals surface area (Å²) < 4.78 is 5.14. The van der Waals surface area contributed by atoms with Gasteiger partial charge in [-0.2, -0.15) is 0 Å². The van der Waals surface area contributed by atoms with Gasteiger partial charge in [0.25, 0.3) is 0 Å². The number of rotatable bonds is 2. The Morgan fingerprint density at radius 2 is 1.72 bits per heavy atom. The highest BCUT2D eigenvalue weighted by Crippen LogP contribution is 2.60. The Kier molecular flexibility index (Phi) is 5.15. The first kappa shape index (κ1) is 23.0. The number of imide groups is 1. The SMILES string of the molecule is CC(=O)Oc1ccc(N2C(=O)[C@H]3[C@H]4C[C@@H](C(C)(C)C)CC[C@H]4c4c([nH]c5ccccc45)[C@H]3C2=O)cc1. The molecule has 0 unspecified atom stereocenters. The Morgan fingerprint density at radius 3 is 2.42 bits per heavy atom. The minimum absolute atomic E-state index is 0.112. The Morgan fingerprint density at radius 1 is 1.00 bits per heavy atom. The number of aromatic nitrogens is 1. The molecule has 2 amide bonds. The summed E-state index contributed by atoms with van der Waals surface area (Å²) in [6.45, 7) is 8.20. The molecule has 2 aromatic carbocycles. The van der Waals surface area contributed by atoms with Crippen LogP contribution < -0.4 is 9.64 Å². The lowest BCUT2D eigenvalue weighted by molar-refractivity contribution is -0.132. The third-order valence-corrected chi connectivity index (χ3v) is 8.75. The molecule has 3 aromatic rings. The maximum Gasteiger partial charge on any atom is 0.308 e. The molecule has 0 radical (unpaired) electrons. The lowest BCUT2D eigenvalue weighted by Crippen LogP contribution is -2.41. The summed E-state index contributed by atoms with van der Waals surface area (Å²) >= 11 is 0. The fraction of sp³-hybridized carbons (Fsp3) is 0.433. The number of para-hydroxylation sites is 1. The van der Waals surface area contributed by atoms with Crippen molar-refractivity contribution < 1.29 is 19.1 Å². The lowest BCUT2D eigenvalue weighted by atomic mass is 9.56. The normalized spacial score (nSPS) is 27.6. The van der Waals surface area contributed by atoms with Gasteiger partial charge >= 0.3 is 5.97 Å². The summed E-state index contributed by atoms with van der Waals surface area (Å²) in [6.07, 6.45) is 3.11. The number of hydrogen-bond donors (Lipinski definition) is 1. The standard InChI is InChI=1S/C30H32N2O4/c1-16(33)36-19-12-10-18(11-13-19)32-28(34)25-22-15-17(30(2,3)4)9-14-20(22)24-21-7-5-6-8-23(21)31-27(24)26(25)29(32)35/h5-8,10-13,17,20,22,25-26,31H,9,14-15H2,1-4H3/t17-,20+,22-,25-,26-/m0/s1. The maximum absolute atomic E-state index is 14.1. The molecule has 6 rings (SSSR count). The Labute approximate surface area is 211 Å². The van der Waals surface area contributed by atoms with Crippen molar-refractivity contribution in [2.45, 2.75) is 58.8 Å². The van der Waals surface area contributed by atoms with Crippen molar-refractivity contribution in [3.05, 3.63) is 59.8 Å². The molecule has 6 nitrogen and oxygen atoms in total. The number of carbonyl (C=O) groups is 3. The fourth-order valence-corrected chi connectivity index (χ4v) is 7.09. The van der Waals surface area contributed by atoms with Gasteiger partial charge in [-0.3, -0.25) is 14.4 Å². The number of aromatic amines is 1. The Balaban J connectivity index is 1.46. The number of fused-ring (bicyclic) bond motifs is 8. The van der Waals surface area contributed by atoms with E-state index in [4.69, 9.17) is 4.74 Å². The zero-order valence-corrected chi connectivity index (χ0v) is 21.2. The fourth-order valence-electron chi connectivity index (χ4n) is 7.09. The molecule has 1 saturated carbocycles. The number of nitrogens with one attached hydrogen (secondary N) is 1. The van der Waals surface area contributed by atoms with Crippen molar-refractivity contribution >= 4 is 34.4 Å². The van der Waals surface area contributed by atoms with Crippen LogP contribution in [0.2, 0.25) is 0 Å². The minimum Gasteiger partial charge on any atom is -0.427 e. The van der Waals surface area contributed by atoms with E-state index in [2.05, 4.69) is 44.0 Å². The highest BCUT2D eigenvalue weighted by molar-refractivity contribution is 6.24. The van der Waals surface area contributed by atoms with Gasteiger partial charge in [-0.05, 0) is 78.3 Å². The van der Waals surface area contributed by atoms with Gasteiger partial charge in [0.05, 0.1) is 17.5 Å². The number of ether oxygens (including phenoxy) is 1. The largest absolute Gasteiger partial charge is 0.427 e. The van der Waals surface area contributed by atoms with E-state index in [0.29, 0.717) is 17.4 Å². The second-order valence-electron chi connectivity index (χ2n) is 11.7. The third kappa shape index (κ3) is 3.41. The second-order valence-corrected chi connectivity index (χ2v) is 11.7. The smallest absolute Gasteiger partial charge is 0.308 e.